The Labute approximate surface area is 536 Å². The fraction of sp³-hybridized carbons (Fsp3) is 0.824. The van der Waals surface area contributed by atoms with Gasteiger partial charge < -0.3 is 65.1 Å². The zero-order chi connectivity index (χ0) is 63.8. The molecule has 2 saturated heterocycles. The number of nitrogens with one attached hydrogen (secondary N) is 1. The number of unbranched alkanes of at least 4 members (excludes halogenated alkanes) is 34. The standard InChI is InChI=1S/C74H133NO13/c1-3-5-7-9-11-13-15-17-19-21-23-25-26-27-28-29-30-31-32-33-34-35-36-38-40-42-44-46-48-50-52-54-56-58-66(79)75-62(63(78)57-55-53-51-49-47-45-43-41-39-37-24-22-20-18-16-14-12-10-8-6-4-2)61-85-73-71(84)69(82)72(65(60-77)87-73)88-74-70(83)68(81)67(80)64(59-76)86-74/h5,7,11,13,17,19,23,25,27-28,30-31,62-65,67-74,76-78,80-84H,3-4,6,8-10,12,14-16,18,20-22,24,26,29,32-61H2,1-2H3,(H,75,79)/b7-5-,13-11-,19-17-,25-23-,28-27-,31-30-. The predicted molar refractivity (Wildman–Crippen MR) is 360 cm³/mol. The van der Waals surface area contributed by atoms with E-state index in [4.69, 9.17) is 18.9 Å². The molecule has 1 amide bonds. The molecule has 12 atom stereocenters. The molecule has 0 aromatic rings. The molecular weight excluding hydrogens is 1110 g/mol. The number of ether oxygens (including phenoxy) is 4. The van der Waals surface area contributed by atoms with Crippen molar-refractivity contribution in [3.05, 3.63) is 72.9 Å². The van der Waals surface area contributed by atoms with Gasteiger partial charge in [-0.15, -0.1) is 0 Å². The molecule has 12 unspecified atom stereocenters. The van der Waals surface area contributed by atoms with E-state index in [1.54, 1.807) is 0 Å². The minimum absolute atomic E-state index is 0.206. The highest BCUT2D eigenvalue weighted by atomic mass is 16.7. The molecule has 14 heteroatoms. The molecule has 0 saturated carbocycles. The van der Waals surface area contributed by atoms with Crippen molar-refractivity contribution in [3.63, 3.8) is 0 Å². The summed E-state index contributed by atoms with van der Waals surface area (Å²) >= 11 is 0. The lowest BCUT2D eigenvalue weighted by molar-refractivity contribution is -0.359. The van der Waals surface area contributed by atoms with Crippen molar-refractivity contribution in [2.45, 2.75) is 370 Å². The van der Waals surface area contributed by atoms with Crippen LogP contribution >= 0.6 is 0 Å². The number of carbonyl (C=O) groups excluding carboxylic acids is 1. The minimum Gasteiger partial charge on any atom is -0.394 e. The average molecular weight is 1240 g/mol. The number of aliphatic hydroxyl groups is 8. The van der Waals surface area contributed by atoms with Gasteiger partial charge in [0.2, 0.25) is 5.91 Å². The highest BCUT2D eigenvalue weighted by Gasteiger charge is 2.51. The zero-order valence-corrected chi connectivity index (χ0v) is 55.7. The molecule has 2 rings (SSSR count). The molecule has 2 aliphatic rings. The van der Waals surface area contributed by atoms with E-state index in [1.165, 1.54) is 180 Å². The monoisotopic (exact) mass is 1240 g/mol. The fourth-order valence-corrected chi connectivity index (χ4v) is 11.7. The number of allylic oxidation sites excluding steroid dienone is 12. The first-order chi connectivity index (χ1) is 43.1. The topological polar surface area (TPSA) is 228 Å². The van der Waals surface area contributed by atoms with Crippen LogP contribution in [0.3, 0.4) is 0 Å². The normalized spacial score (nSPS) is 23.6. The second kappa shape index (κ2) is 58.3. The summed E-state index contributed by atoms with van der Waals surface area (Å²) in [6.45, 7) is 2.78. The van der Waals surface area contributed by atoms with E-state index in [2.05, 4.69) is 92.1 Å². The van der Waals surface area contributed by atoms with Crippen LogP contribution < -0.4 is 5.32 Å². The molecule has 2 aliphatic heterocycles. The minimum atomic E-state index is -1.78. The van der Waals surface area contributed by atoms with Gasteiger partial charge in [-0.25, -0.2) is 0 Å². The van der Waals surface area contributed by atoms with E-state index in [-0.39, 0.29) is 12.5 Å². The highest BCUT2D eigenvalue weighted by molar-refractivity contribution is 5.76. The van der Waals surface area contributed by atoms with Crippen LogP contribution in [0.25, 0.3) is 0 Å². The van der Waals surface area contributed by atoms with Gasteiger partial charge in [0, 0.05) is 6.42 Å². The number of amides is 1. The first-order valence-corrected chi connectivity index (χ1v) is 36.2. The maximum Gasteiger partial charge on any atom is 0.220 e. The lowest BCUT2D eigenvalue weighted by Gasteiger charge is -2.46. The number of aliphatic hydroxyl groups excluding tert-OH is 8. The lowest BCUT2D eigenvalue weighted by atomic mass is 9.97. The Morgan fingerprint density at radius 1 is 0.420 bits per heavy atom. The summed E-state index contributed by atoms with van der Waals surface area (Å²) in [7, 11) is 0. The van der Waals surface area contributed by atoms with E-state index < -0.39 is 86.8 Å². The molecule has 0 bridgehead atoms. The number of hydrogen-bond acceptors (Lipinski definition) is 13. The Morgan fingerprint density at radius 3 is 1.20 bits per heavy atom. The molecule has 512 valence electrons. The van der Waals surface area contributed by atoms with Gasteiger partial charge in [-0.05, 0) is 64.2 Å². The smallest absolute Gasteiger partial charge is 0.220 e. The van der Waals surface area contributed by atoms with Crippen LogP contribution in [0.2, 0.25) is 0 Å². The maximum absolute atomic E-state index is 13.4. The zero-order valence-electron chi connectivity index (χ0n) is 55.7. The van der Waals surface area contributed by atoms with Crippen molar-refractivity contribution in [1.82, 2.24) is 5.32 Å². The lowest BCUT2D eigenvalue weighted by Crippen LogP contribution is -2.65. The van der Waals surface area contributed by atoms with Gasteiger partial charge in [0.1, 0.15) is 48.8 Å². The van der Waals surface area contributed by atoms with E-state index in [1.807, 2.05) is 0 Å². The van der Waals surface area contributed by atoms with Gasteiger partial charge in [0.05, 0.1) is 32.0 Å². The van der Waals surface area contributed by atoms with Crippen molar-refractivity contribution < 1.29 is 64.6 Å². The Kier molecular flexibility index (Phi) is 54.0. The number of rotatable bonds is 59. The first-order valence-electron chi connectivity index (χ1n) is 36.2. The van der Waals surface area contributed by atoms with Gasteiger partial charge >= 0.3 is 0 Å². The second-order valence-electron chi connectivity index (χ2n) is 25.3. The molecule has 0 radical (unpaired) electrons. The average Bonchev–Trinajstić information content (AvgIpc) is 2.07. The summed E-state index contributed by atoms with van der Waals surface area (Å²) in [4.78, 5) is 13.4. The van der Waals surface area contributed by atoms with Crippen LogP contribution in [0.4, 0.5) is 0 Å². The number of carbonyl (C=O) groups is 1. The van der Waals surface area contributed by atoms with E-state index in [0.717, 1.165) is 89.9 Å². The van der Waals surface area contributed by atoms with Gasteiger partial charge in [0.15, 0.2) is 12.6 Å². The third-order valence-electron chi connectivity index (χ3n) is 17.4. The summed E-state index contributed by atoms with van der Waals surface area (Å²) in [5, 5.41) is 87.7. The Hall–Kier alpha value is -2.57. The molecule has 0 spiro atoms. The SMILES string of the molecule is CC/C=C\C/C=C\C/C=C\C/C=C\C/C=C\C/C=C\CCCCCCCCCCCCCCCCC(=O)NC(COC1OC(CO)C(OC2OC(CO)C(O)C(O)C2O)C(O)C1O)C(O)CCCCCCCCCCCCCCCCCCCCCCC. The van der Waals surface area contributed by atoms with Gasteiger partial charge in [-0.3, -0.25) is 4.79 Å². The highest BCUT2D eigenvalue weighted by Crippen LogP contribution is 2.30. The third-order valence-corrected chi connectivity index (χ3v) is 17.4. The van der Waals surface area contributed by atoms with E-state index >= 15 is 0 Å². The van der Waals surface area contributed by atoms with Crippen molar-refractivity contribution in [3.8, 4) is 0 Å². The van der Waals surface area contributed by atoms with Crippen molar-refractivity contribution in [2.75, 3.05) is 19.8 Å². The van der Waals surface area contributed by atoms with Gasteiger partial charge in [-0.1, -0.05) is 299 Å². The molecular formula is C74H133NO13. The van der Waals surface area contributed by atoms with Crippen LogP contribution in [0.5, 0.6) is 0 Å². The van der Waals surface area contributed by atoms with Crippen LogP contribution in [-0.2, 0) is 23.7 Å². The van der Waals surface area contributed by atoms with Crippen LogP contribution in [0, 0.1) is 0 Å². The first kappa shape index (κ1) is 81.5. The summed E-state index contributed by atoms with van der Waals surface area (Å²) in [5.74, 6) is -0.206. The number of hydrogen-bond donors (Lipinski definition) is 9. The third kappa shape index (κ3) is 41.8. The quantitative estimate of drug-likeness (QED) is 0.0204. The summed E-state index contributed by atoms with van der Waals surface area (Å²) in [5.41, 5.74) is 0. The molecule has 0 aromatic carbocycles. The van der Waals surface area contributed by atoms with Crippen molar-refractivity contribution in [1.29, 1.82) is 0 Å². The van der Waals surface area contributed by atoms with Crippen LogP contribution in [-0.4, -0.2) is 140 Å². The second-order valence-corrected chi connectivity index (χ2v) is 25.3. The van der Waals surface area contributed by atoms with E-state index in [0.29, 0.717) is 12.8 Å². The van der Waals surface area contributed by atoms with Crippen molar-refractivity contribution in [2.24, 2.45) is 0 Å². The Bertz CT molecular complexity index is 1750. The fourth-order valence-electron chi connectivity index (χ4n) is 11.7. The van der Waals surface area contributed by atoms with E-state index in [9.17, 15) is 45.6 Å². The van der Waals surface area contributed by atoms with Crippen molar-refractivity contribution >= 4 is 5.91 Å². The molecule has 14 nitrogen and oxygen atoms in total. The summed E-state index contributed by atoms with van der Waals surface area (Å²) in [6.07, 6.45) is 62.0. The van der Waals surface area contributed by atoms with Crippen LogP contribution in [0.15, 0.2) is 72.9 Å². The van der Waals surface area contributed by atoms with Gasteiger partial charge in [-0.2, -0.15) is 0 Å². The molecule has 9 N–H and O–H groups in total. The largest absolute Gasteiger partial charge is 0.394 e. The van der Waals surface area contributed by atoms with Gasteiger partial charge in [0.25, 0.3) is 0 Å². The summed E-state index contributed by atoms with van der Waals surface area (Å²) in [6, 6.07) is -0.833. The Morgan fingerprint density at radius 2 is 0.784 bits per heavy atom. The van der Waals surface area contributed by atoms with Crippen LogP contribution in [0.1, 0.15) is 296 Å². The molecule has 0 aromatic heterocycles. The Balaban J connectivity index is 1.64. The molecule has 2 fully saturated rings. The molecule has 88 heavy (non-hydrogen) atoms. The molecule has 0 aliphatic carbocycles. The molecule has 2 heterocycles. The summed E-state index contributed by atoms with van der Waals surface area (Å²) < 4.78 is 22.9. The predicted octanol–water partition coefficient (Wildman–Crippen LogP) is 15.0. The maximum atomic E-state index is 13.4.